The maximum absolute atomic E-state index is 13.8. The average Bonchev–Trinajstić information content (AvgIpc) is 3.08. The summed E-state index contributed by atoms with van der Waals surface area (Å²) in [6.45, 7) is 6.47. The zero-order chi connectivity index (χ0) is 40.8. The molecule has 1 aromatic carbocycles. The van der Waals surface area contributed by atoms with Gasteiger partial charge < -0.3 is 47.9 Å². The van der Waals surface area contributed by atoms with Gasteiger partial charge in [0.2, 0.25) is 41.4 Å². The molecular formula is C36H53N7O11. The number of carbonyl (C=O) groups is 9. The average molecular weight is 760 g/mol. The first-order valence-electron chi connectivity index (χ1n) is 17.6. The van der Waals surface area contributed by atoms with Gasteiger partial charge in [-0.05, 0) is 44.1 Å². The second-order valence-electron chi connectivity index (χ2n) is 12.9. The van der Waals surface area contributed by atoms with Crippen molar-refractivity contribution in [3.05, 3.63) is 48.0 Å². The van der Waals surface area contributed by atoms with Crippen molar-refractivity contribution in [2.24, 2.45) is 17.4 Å². The number of hydrogen-bond acceptors (Lipinski definition) is 10. The Bertz CT molecular complexity index is 1500. The molecule has 0 heterocycles. The monoisotopic (exact) mass is 759 g/mol. The molecule has 0 saturated heterocycles. The molecule has 10 N–H and O–H groups in total. The topological polar surface area (TPSA) is 295 Å². The van der Waals surface area contributed by atoms with Gasteiger partial charge in [0, 0.05) is 44.7 Å². The Labute approximate surface area is 313 Å². The molecular weight excluding hydrogens is 706 g/mol. The fourth-order valence-corrected chi connectivity index (χ4v) is 5.10. The van der Waals surface area contributed by atoms with E-state index in [0.29, 0.717) is 5.56 Å². The smallest absolute Gasteiger partial charge is 0.330 e. The quantitative estimate of drug-likeness (QED) is 0.0453. The van der Waals surface area contributed by atoms with E-state index in [1.165, 1.54) is 6.08 Å². The SMILES string of the molecule is CCOC(=O)C=CC(CCC(N)=O)NC(=O)C(CC(C)C)NC(=O)C(CCC(N)=O)NC(=O)C(Cc1ccccc1)NC(=O)C(CCC(=O)O)NC(C)=O. The molecule has 18 heteroatoms. The lowest BCUT2D eigenvalue weighted by atomic mass is 10.0. The number of amides is 7. The van der Waals surface area contributed by atoms with Crippen LogP contribution in [0.25, 0.3) is 0 Å². The minimum Gasteiger partial charge on any atom is -0.481 e. The molecule has 0 spiro atoms. The van der Waals surface area contributed by atoms with Crippen LogP contribution >= 0.6 is 0 Å². The highest BCUT2D eigenvalue weighted by Crippen LogP contribution is 2.11. The van der Waals surface area contributed by atoms with Crippen LogP contribution in [0, 0.1) is 5.92 Å². The first kappa shape index (κ1) is 46.2. The Hall–Kier alpha value is -5.81. The van der Waals surface area contributed by atoms with Crippen molar-refractivity contribution in [3.8, 4) is 0 Å². The predicted molar refractivity (Wildman–Crippen MR) is 194 cm³/mol. The van der Waals surface area contributed by atoms with Crippen LogP contribution in [0.2, 0.25) is 0 Å². The standard InChI is InChI=1S/C36H53N7O11/c1-5-54-32(49)18-12-24(11-15-29(37)45)40-35(52)27(19-21(2)3)42-34(51)26(13-16-30(38)46)41-36(53)28(20-23-9-7-6-8-10-23)43-33(50)25(39-22(4)44)14-17-31(47)48/h6-10,12,18,21,24-28H,5,11,13-17,19-20H2,1-4H3,(H2,37,45)(H2,38,46)(H,39,44)(H,40,52)(H,41,53)(H,42,51)(H,43,50)(H,47,48). The maximum atomic E-state index is 13.8. The minimum absolute atomic E-state index is 0.0320. The number of rotatable bonds is 25. The van der Waals surface area contributed by atoms with Crippen molar-refractivity contribution in [1.29, 1.82) is 0 Å². The fourth-order valence-electron chi connectivity index (χ4n) is 5.10. The van der Waals surface area contributed by atoms with Gasteiger partial charge in [-0.1, -0.05) is 50.3 Å². The van der Waals surface area contributed by atoms with Crippen LogP contribution < -0.4 is 38.1 Å². The number of carboxylic acid groups (broad SMARTS) is 1. The van der Waals surface area contributed by atoms with Gasteiger partial charge in [0.25, 0.3) is 0 Å². The molecule has 1 aromatic rings. The van der Waals surface area contributed by atoms with Crippen LogP contribution in [0.4, 0.5) is 0 Å². The normalized spacial score (nSPS) is 13.7. The van der Waals surface area contributed by atoms with Crippen molar-refractivity contribution < 1.29 is 53.0 Å². The molecule has 5 unspecified atom stereocenters. The van der Waals surface area contributed by atoms with Gasteiger partial charge in [0.1, 0.15) is 24.2 Å². The van der Waals surface area contributed by atoms with E-state index in [4.69, 9.17) is 21.3 Å². The van der Waals surface area contributed by atoms with Crippen molar-refractivity contribution in [1.82, 2.24) is 26.6 Å². The molecule has 0 bridgehead atoms. The molecule has 0 saturated carbocycles. The summed E-state index contributed by atoms with van der Waals surface area (Å²) >= 11 is 0. The van der Waals surface area contributed by atoms with E-state index in [1.54, 1.807) is 51.1 Å². The summed E-state index contributed by atoms with van der Waals surface area (Å²) in [5, 5.41) is 21.9. The molecule has 298 valence electrons. The summed E-state index contributed by atoms with van der Waals surface area (Å²) in [6, 6.07) is 2.39. The third-order valence-electron chi connectivity index (χ3n) is 7.69. The number of esters is 1. The summed E-state index contributed by atoms with van der Waals surface area (Å²) in [4.78, 5) is 113. The molecule has 5 atom stereocenters. The van der Waals surface area contributed by atoms with Crippen LogP contribution in [0.3, 0.4) is 0 Å². The Morgan fingerprint density at radius 1 is 0.704 bits per heavy atom. The lowest BCUT2D eigenvalue weighted by Gasteiger charge is -2.27. The Balaban J connectivity index is 3.39. The number of nitrogens with one attached hydrogen (secondary N) is 5. The van der Waals surface area contributed by atoms with E-state index < -0.39 is 89.9 Å². The zero-order valence-corrected chi connectivity index (χ0v) is 31.1. The minimum atomic E-state index is -1.44. The molecule has 0 aromatic heterocycles. The van der Waals surface area contributed by atoms with Gasteiger partial charge in [-0.2, -0.15) is 0 Å². The highest BCUT2D eigenvalue weighted by atomic mass is 16.5. The summed E-state index contributed by atoms with van der Waals surface area (Å²) in [5.74, 6) is -7.31. The van der Waals surface area contributed by atoms with Gasteiger partial charge in [-0.3, -0.25) is 38.4 Å². The molecule has 1 rings (SSSR count). The summed E-state index contributed by atoms with van der Waals surface area (Å²) < 4.78 is 4.87. The van der Waals surface area contributed by atoms with Crippen molar-refractivity contribution in [2.75, 3.05) is 6.61 Å². The van der Waals surface area contributed by atoms with Crippen LogP contribution in [0.15, 0.2) is 42.5 Å². The maximum Gasteiger partial charge on any atom is 0.330 e. The van der Waals surface area contributed by atoms with E-state index in [2.05, 4.69) is 26.6 Å². The number of nitrogens with two attached hydrogens (primary N) is 2. The number of benzene rings is 1. The van der Waals surface area contributed by atoms with Gasteiger partial charge >= 0.3 is 11.9 Å². The molecule has 7 amide bonds. The molecule has 54 heavy (non-hydrogen) atoms. The number of aliphatic carboxylic acids is 1. The van der Waals surface area contributed by atoms with Crippen molar-refractivity contribution in [3.63, 3.8) is 0 Å². The van der Waals surface area contributed by atoms with Crippen molar-refractivity contribution >= 4 is 53.3 Å². The molecule has 0 fully saturated rings. The van der Waals surface area contributed by atoms with Gasteiger partial charge in [-0.25, -0.2) is 4.79 Å². The highest BCUT2D eigenvalue weighted by Gasteiger charge is 2.32. The molecule has 18 nitrogen and oxygen atoms in total. The third-order valence-corrected chi connectivity index (χ3v) is 7.69. The van der Waals surface area contributed by atoms with E-state index in [1.807, 2.05) is 0 Å². The number of hydrogen-bond donors (Lipinski definition) is 8. The number of primary amides is 2. The molecule has 0 aliphatic carbocycles. The van der Waals surface area contributed by atoms with Gasteiger partial charge in [0.15, 0.2) is 0 Å². The second-order valence-corrected chi connectivity index (χ2v) is 12.9. The van der Waals surface area contributed by atoms with Gasteiger partial charge in [0.05, 0.1) is 6.61 Å². The summed E-state index contributed by atoms with van der Waals surface area (Å²) in [7, 11) is 0. The number of carboxylic acids is 1. The van der Waals surface area contributed by atoms with Crippen molar-refractivity contribution in [2.45, 2.75) is 109 Å². The first-order chi connectivity index (χ1) is 25.4. The molecule has 0 radical (unpaired) electrons. The molecule has 0 aliphatic heterocycles. The summed E-state index contributed by atoms with van der Waals surface area (Å²) in [5.41, 5.74) is 11.2. The Morgan fingerprint density at radius 2 is 1.20 bits per heavy atom. The second kappa shape index (κ2) is 24.4. The Morgan fingerprint density at radius 3 is 1.74 bits per heavy atom. The van der Waals surface area contributed by atoms with Crippen LogP contribution in [-0.4, -0.2) is 95.2 Å². The van der Waals surface area contributed by atoms with Crippen LogP contribution in [0.5, 0.6) is 0 Å². The fraction of sp³-hybridized carbons (Fsp3) is 0.528. The highest BCUT2D eigenvalue weighted by molar-refractivity contribution is 5.96. The van der Waals surface area contributed by atoms with Gasteiger partial charge in [-0.15, -0.1) is 0 Å². The third kappa shape index (κ3) is 19.7. The van der Waals surface area contributed by atoms with Crippen LogP contribution in [0.1, 0.15) is 78.2 Å². The predicted octanol–water partition coefficient (Wildman–Crippen LogP) is -0.766. The van der Waals surface area contributed by atoms with E-state index in [-0.39, 0.29) is 57.5 Å². The zero-order valence-electron chi connectivity index (χ0n) is 31.1. The number of ether oxygens (including phenoxy) is 1. The first-order valence-corrected chi connectivity index (χ1v) is 17.6. The lowest BCUT2D eigenvalue weighted by molar-refractivity contribution is -0.138. The van der Waals surface area contributed by atoms with E-state index in [9.17, 15) is 43.2 Å². The van der Waals surface area contributed by atoms with Crippen LogP contribution in [-0.2, 0) is 54.3 Å². The Kier molecular flexibility index (Phi) is 20.9. The summed E-state index contributed by atoms with van der Waals surface area (Å²) in [6.07, 6.45) is 1.00. The molecule has 0 aliphatic rings. The van der Waals surface area contributed by atoms with E-state index >= 15 is 0 Å². The van der Waals surface area contributed by atoms with E-state index in [0.717, 1.165) is 13.0 Å². The number of carbonyl (C=O) groups excluding carboxylic acids is 8. The lowest BCUT2D eigenvalue weighted by Crippen LogP contribution is -2.59. The largest absolute Gasteiger partial charge is 0.481 e.